The molecular weight excluding hydrogens is 396 g/mol. The lowest BCUT2D eigenvalue weighted by Crippen LogP contribution is -2.03. The van der Waals surface area contributed by atoms with Crippen LogP contribution in [0.2, 0.25) is 0 Å². The maximum atomic E-state index is 10.9. The van der Waals surface area contributed by atoms with Crippen molar-refractivity contribution in [2.24, 2.45) is 0 Å². The Balaban J connectivity index is 2.17. The van der Waals surface area contributed by atoms with Crippen LogP contribution in [0.3, 0.4) is 0 Å². The maximum absolute atomic E-state index is 10.9. The lowest BCUT2D eigenvalue weighted by atomic mass is 10.2. The molecule has 0 saturated heterocycles. The second kappa shape index (κ2) is 6.32. The van der Waals surface area contributed by atoms with Crippen molar-refractivity contribution in [3.63, 3.8) is 0 Å². The molecule has 0 aliphatic heterocycles. The molecule has 0 spiro atoms. The first-order valence-electron chi connectivity index (χ1n) is 5.48. The highest BCUT2D eigenvalue weighted by Gasteiger charge is 2.15. The van der Waals surface area contributed by atoms with E-state index < -0.39 is 5.97 Å². The summed E-state index contributed by atoms with van der Waals surface area (Å²) in [4.78, 5) is 10.9. The largest absolute Gasteiger partial charge is 0.496 e. The molecule has 0 amide bonds. The predicted octanol–water partition coefficient (Wildman–Crippen LogP) is 4.09. The molecule has 106 valence electrons. The smallest absolute Gasteiger partial charge is 0.372 e. The summed E-state index contributed by atoms with van der Waals surface area (Å²) in [6.07, 6.45) is 1.32. The van der Waals surface area contributed by atoms with Crippen LogP contribution in [-0.2, 0) is 6.61 Å². The minimum atomic E-state index is -1.12. The Morgan fingerprint density at radius 1 is 1.30 bits per heavy atom. The normalized spacial score (nSPS) is 10.3. The molecule has 1 heterocycles. The van der Waals surface area contributed by atoms with Crippen molar-refractivity contribution in [1.29, 1.82) is 0 Å². The van der Waals surface area contributed by atoms with Gasteiger partial charge in [0.15, 0.2) is 0 Å². The van der Waals surface area contributed by atoms with Crippen molar-refractivity contribution in [2.75, 3.05) is 7.11 Å². The summed E-state index contributed by atoms with van der Waals surface area (Å²) in [5.74, 6) is -0.00810. The monoisotopic (exact) mass is 404 g/mol. The Hall–Kier alpha value is -1.47. The van der Waals surface area contributed by atoms with Gasteiger partial charge in [0.2, 0.25) is 5.76 Å². The van der Waals surface area contributed by atoms with E-state index >= 15 is 0 Å². The third kappa shape index (κ3) is 3.16. The number of carboxylic acid groups (broad SMARTS) is 1. The molecule has 1 N–H and O–H groups in total. The number of carboxylic acids is 1. The first-order chi connectivity index (χ1) is 9.52. The number of carbonyl (C=O) groups is 1. The van der Waals surface area contributed by atoms with E-state index in [0.717, 1.165) is 4.47 Å². The van der Waals surface area contributed by atoms with Crippen LogP contribution in [-0.4, -0.2) is 18.2 Å². The van der Waals surface area contributed by atoms with E-state index in [1.807, 2.05) is 0 Å². The average molecular weight is 406 g/mol. The van der Waals surface area contributed by atoms with Crippen LogP contribution in [0.15, 0.2) is 37.8 Å². The summed E-state index contributed by atoms with van der Waals surface area (Å²) in [6.45, 7) is 0.0928. The number of methoxy groups -OCH3 is 1. The van der Waals surface area contributed by atoms with Crippen LogP contribution in [0.5, 0.6) is 11.5 Å². The van der Waals surface area contributed by atoms with Gasteiger partial charge in [-0.15, -0.1) is 0 Å². The van der Waals surface area contributed by atoms with Crippen molar-refractivity contribution in [2.45, 2.75) is 6.61 Å². The van der Waals surface area contributed by atoms with E-state index in [1.54, 1.807) is 25.3 Å². The van der Waals surface area contributed by atoms with Crippen LogP contribution in [0, 0.1) is 0 Å². The zero-order valence-corrected chi connectivity index (χ0v) is 13.5. The van der Waals surface area contributed by atoms with Crippen molar-refractivity contribution in [1.82, 2.24) is 0 Å². The average Bonchev–Trinajstić information content (AvgIpc) is 2.87. The molecule has 0 aliphatic carbocycles. The number of benzene rings is 1. The molecule has 1 aromatic heterocycles. The van der Waals surface area contributed by atoms with Gasteiger partial charge in [0.05, 0.1) is 22.3 Å². The second-order valence-corrected chi connectivity index (χ2v) is 5.49. The van der Waals surface area contributed by atoms with E-state index in [0.29, 0.717) is 21.5 Å². The van der Waals surface area contributed by atoms with E-state index in [9.17, 15) is 4.79 Å². The molecule has 0 aliphatic rings. The Labute approximate surface area is 131 Å². The second-order valence-electron chi connectivity index (χ2n) is 3.79. The van der Waals surface area contributed by atoms with Gasteiger partial charge >= 0.3 is 5.97 Å². The van der Waals surface area contributed by atoms with Gasteiger partial charge in [0, 0.05) is 5.56 Å². The molecule has 0 unspecified atom stereocenters. The molecule has 0 bridgehead atoms. The molecule has 5 nitrogen and oxygen atoms in total. The summed E-state index contributed by atoms with van der Waals surface area (Å²) in [5.41, 5.74) is 0.469. The topological polar surface area (TPSA) is 68.9 Å². The SMILES string of the molecule is COc1cc(Br)c(OCc2ccoc2C(=O)O)cc1Br. The number of furan rings is 1. The first-order valence-corrected chi connectivity index (χ1v) is 7.07. The third-order valence-corrected chi connectivity index (χ3v) is 3.77. The fourth-order valence-electron chi connectivity index (χ4n) is 1.57. The van der Waals surface area contributed by atoms with Gasteiger partial charge < -0.3 is 19.0 Å². The van der Waals surface area contributed by atoms with Crippen LogP contribution in [0.4, 0.5) is 0 Å². The van der Waals surface area contributed by atoms with E-state index in [4.69, 9.17) is 19.0 Å². The molecule has 1 aromatic carbocycles. The first kappa shape index (κ1) is 14.9. The van der Waals surface area contributed by atoms with Crippen molar-refractivity contribution in [3.8, 4) is 11.5 Å². The molecule has 0 atom stereocenters. The van der Waals surface area contributed by atoms with Gasteiger partial charge in [-0.25, -0.2) is 4.79 Å². The highest BCUT2D eigenvalue weighted by Crippen LogP contribution is 2.36. The Morgan fingerprint density at radius 2 is 1.95 bits per heavy atom. The number of rotatable bonds is 5. The van der Waals surface area contributed by atoms with Gasteiger partial charge in [-0.2, -0.15) is 0 Å². The fraction of sp³-hybridized carbons (Fsp3) is 0.154. The quantitative estimate of drug-likeness (QED) is 0.811. The van der Waals surface area contributed by atoms with Gasteiger partial charge in [-0.3, -0.25) is 0 Å². The molecular formula is C13H10Br2O5. The van der Waals surface area contributed by atoms with Gasteiger partial charge in [0.25, 0.3) is 0 Å². The lowest BCUT2D eigenvalue weighted by molar-refractivity contribution is 0.0658. The zero-order valence-electron chi connectivity index (χ0n) is 10.4. The van der Waals surface area contributed by atoms with Crippen LogP contribution >= 0.6 is 31.9 Å². The lowest BCUT2D eigenvalue weighted by Gasteiger charge is -2.10. The van der Waals surface area contributed by atoms with Crippen LogP contribution in [0.1, 0.15) is 16.1 Å². The molecule has 2 rings (SSSR count). The summed E-state index contributed by atoms with van der Waals surface area (Å²) in [7, 11) is 1.57. The zero-order chi connectivity index (χ0) is 14.7. The highest BCUT2D eigenvalue weighted by molar-refractivity contribution is 9.11. The summed E-state index contributed by atoms with van der Waals surface area (Å²) >= 11 is 6.73. The number of hydrogen-bond acceptors (Lipinski definition) is 4. The van der Waals surface area contributed by atoms with Gasteiger partial charge in [-0.1, -0.05) is 0 Å². The van der Waals surface area contributed by atoms with Crippen molar-refractivity contribution < 1.29 is 23.8 Å². The van der Waals surface area contributed by atoms with E-state index in [2.05, 4.69) is 31.9 Å². The standard InChI is InChI=1S/C13H10Br2O5/c1-18-10-4-9(15)11(5-8(10)14)20-6-7-2-3-19-12(7)13(16)17/h2-5H,6H2,1H3,(H,16,17). The molecule has 20 heavy (non-hydrogen) atoms. The molecule has 0 fully saturated rings. The van der Waals surface area contributed by atoms with Crippen LogP contribution < -0.4 is 9.47 Å². The van der Waals surface area contributed by atoms with Gasteiger partial charge in [0.1, 0.15) is 18.1 Å². The van der Waals surface area contributed by atoms with E-state index in [-0.39, 0.29) is 12.4 Å². The minimum Gasteiger partial charge on any atom is -0.496 e. The molecule has 0 saturated carbocycles. The summed E-state index contributed by atoms with van der Waals surface area (Å²) < 4.78 is 17.1. The summed E-state index contributed by atoms with van der Waals surface area (Å²) in [6, 6.07) is 5.06. The van der Waals surface area contributed by atoms with Crippen molar-refractivity contribution >= 4 is 37.8 Å². The van der Waals surface area contributed by atoms with E-state index in [1.165, 1.54) is 6.26 Å². The maximum Gasteiger partial charge on any atom is 0.372 e. The fourth-order valence-corrected chi connectivity index (χ4v) is 2.49. The van der Waals surface area contributed by atoms with Gasteiger partial charge in [-0.05, 0) is 50.1 Å². The predicted molar refractivity (Wildman–Crippen MR) is 78.4 cm³/mol. The number of hydrogen-bond donors (Lipinski definition) is 1. The Kier molecular flexibility index (Phi) is 4.72. The molecule has 2 aromatic rings. The summed E-state index contributed by atoms with van der Waals surface area (Å²) in [5, 5.41) is 8.94. The number of aromatic carboxylic acids is 1. The molecule has 0 radical (unpaired) electrons. The number of halogens is 2. The molecule has 7 heteroatoms. The minimum absolute atomic E-state index is 0.0928. The van der Waals surface area contributed by atoms with Crippen molar-refractivity contribution in [3.05, 3.63) is 44.7 Å². The Morgan fingerprint density at radius 3 is 2.60 bits per heavy atom. The highest BCUT2D eigenvalue weighted by atomic mass is 79.9. The third-order valence-electron chi connectivity index (χ3n) is 2.53. The Bertz CT molecular complexity index is 636. The van der Waals surface area contributed by atoms with Crippen LogP contribution in [0.25, 0.3) is 0 Å². The number of ether oxygens (including phenoxy) is 2.